The molecule has 2 aromatic heterocycles. The van der Waals surface area contributed by atoms with Crippen molar-refractivity contribution in [1.29, 1.82) is 0 Å². The Labute approximate surface area is 117 Å². The lowest BCUT2D eigenvalue weighted by molar-refractivity contribution is 0.569. The number of thiazole rings is 1. The molecule has 0 saturated carbocycles. The van der Waals surface area contributed by atoms with Crippen LogP contribution >= 0.6 is 22.7 Å². The third-order valence-electron chi connectivity index (χ3n) is 2.97. The van der Waals surface area contributed by atoms with Gasteiger partial charge in [0.2, 0.25) is 0 Å². The van der Waals surface area contributed by atoms with E-state index in [0.717, 1.165) is 10.7 Å². The molecule has 0 fully saturated rings. The van der Waals surface area contributed by atoms with Gasteiger partial charge in [-0.05, 0) is 25.5 Å². The molecule has 1 atom stereocenters. The summed E-state index contributed by atoms with van der Waals surface area (Å²) < 4.78 is 0. The van der Waals surface area contributed by atoms with Crippen molar-refractivity contribution >= 4 is 22.7 Å². The predicted molar refractivity (Wildman–Crippen MR) is 80.6 cm³/mol. The van der Waals surface area contributed by atoms with E-state index < -0.39 is 0 Å². The lowest BCUT2D eigenvalue weighted by atomic mass is 9.93. The largest absolute Gasteiger partial charge is 0.318 e. The average Bonchev–Trinajstić information content (AvgIpc) is 2.83. The molecule has 0 amide bonds. The minimum Gasteiger partial charge on any atom is -0.318 e. The van der Waals surface area contributed by atoms with Crippen LogP contribution in [0.15, 0.2) is 11.4 Å². The number of hydrogen-bond acceptors (Lipinski definition) is 4. The first kappa shape index (κ1) is 13.7. The van der Waals surface area contributed by atoms with Crippen LogP contribution in [0.1, 0.15) is 52.8 Å². The van der Waals surface area contributed by atoms with Gasteiger partial charge in [-0.1, -0.05) is 20.8 Å². The maximum absolute atomic E-state index is 6.34. The van der Waals surface area contributed by atoms with Crippen molar-refractivity contribution in [2.75, 3.05) is 0 Å². The highest BCUT2D eigenvalue weighted by molar-refractivity contribution is 7.12. The van der Waals surface area contributed by atoms with Crippen molar-refractivity contribution in [2.45, 2.75) is 46.1 Å². The van der Waals surface area contributed by atoms with Gasteiger partial charge in [-0.3, -0.25) is 0 Å². The molecule has 2 nitrogen and oxygen atoms in total. The molecule has 2 aromatic rings. The van der Waals surface area contributed by atoms with E-state index in [0.29, 0.717) is 0 Å². The molecule has 2 heterocycles. The van der Waals surface area contributed by atoms with E-state index in [4.69, 9.17) is 10.7 Å². The number of aromatic nitrogens is 1. The second-order valence-electron chi connectivity index (χ2n) is 5.67. The van der Waals surface area contributed by atoms with Crippen LogP contribution in [0.4, 0.5) is 0 Å². The molecule has 0 aliphatic rings. The van der Waals surface area contributed by atoms with Crippen LogP contribution in [0, 0.1) is 13.8 Å². The van der Waals surface area contributed by atoms with Crippen molar-refractivity contribution in [3.63, 3.8) is 0 Å². The Hall–Kier alpha value is -0.710. The minimum atomic E-state index is -0.0870. The van der Waals surface area contributed by atoms with Gasteiger partial charge in [0.25, 0.3) is 0 Å². The SMILES string of the molecule is Cc1cc(C(N)c2nc(C(C)(C)C)cs2)c(C)s1. The summed E-state index contributed by atoms with van der Waals surface area (Å²) in [5.41, 5.74) is 8.78. The number of nitrogens with two attached hydrogens (primary N) is 1. The van der Waals surface area contributed by atoms with Crippen LogP contribution in [-0.4, -0.2) is 4.98 Å². The van der Waals surface area contributed by atoms with Crippen molar-refractivity contribution in [2.24, 2.45) is 5.73 Å². The predicted octanol–water partition coefficient (Wildman–Crippen LogP) is 4.17. The molecule has 0 aliphatic carbocycles. The van der Waals surface area contributed by atoms with Crippen LogP contribution in [0.3, 0.4) is 0 Å². The standard InChI is InChI=1S/C14H20N2S2/c1-8-6-10(9(2)18-8)12(15)13-16-11(7-17-13)14(3,4)5/h6-7,12H,15H2,1-5H3. The summed E-state index contributed by atoms with van der Waals surface area (Å²) >= 11 is 3.47. The Morgan fingerprint density at radius 1 is 1.28 bits per heavy atom. The fourth-order valence-electron chi connectivity index (χ4n) is 1.87. The summed E-state index contributed by atoms with van der Waals surface area (Å²) in [6.45, 7) is 10.8. The molecule has 0 spiro atoms. The van der Waals surface area contributed by atoms with E-state index in [1.54, 1.807) is 22.7 Å². The van der Waals surface area contributed by atoms with E-state index in [1.165, 1.54) is 15.3 Å². The van der Waals surface area contributed by atoms with Crippen LogP contribution in [0.25, 0.3) is 0 Å². The number of thiophene rings is 1. The van der Waals surface area contributed by atoms with Crippen LogP contribution in [-0.2, 0) is 5.41 Å². The summed E-state index contributed by atoms with van der Waals surface area (Å²) in [7, 11) is 0. The van der Waals surface area contributed by atoms with Crippen molar-refractivity contribution in [3.05, 3.63) is 37.5 Å². The molecule has 0 aromatic carbocycles. The zero-order chi connectivity index (χ0) is 13.5. The molecule has 4 heteroatoms. The maximum Gasteiger partial charge on any atom is 0.114 e. The second kappa shape index (κ2) is 4.76. The molecule has 98 valence electrons. The van der Waals surface area contributed by atoms with Gasteiger partial charge in [0.1, 0.15) is 5.01 Å². The number of aryl methyl sites for hydroxylation is 2. The lowest BCUT2D eigenvalue weighted by Crippen LogP contribution is -2.15. The first-order valence-corrected chi connectivity index (χ1v) is 7.77. The second-order valence-corrected chi connectivity index (χ2v) is 8.02. The summed E-state index contributed by atoms with van der Waals surface area (Å²) in [4.78, 5) is 7.32. The summed E-state index contributed by atoms with van der Waals surface area (Å²) in [5, 5.41) is 3.14. The highest BCUT2D eigenvalue weighted by Crippen LogP contribution is 2.32. The molecule has 0 saturated heterocycles. The number of rotatable bonds is 2. The molecule has 0 bridgehead atoms. The topological polar surface area (TPSA) is 38.9 Å². The molecule has 0 aliphatic heterocycles. The fourth-order valence-corrected chi connectivity index (χ4v) is 3.90. The Bertz CT molecular complexity index is 546. The molecule has 1 unspecified atom stereocenters. The zero-order valence-corrected chi connectivity index (χ0v) is 13.2. The first-order valence-electron chi connectivity index (χ1n) is 6.07. The average molecular weight is 280 g/mol. The van der Waals surface area contributed by atoms with Gasteiger partial charge < -0.3 is 5.73 Å². The normalized spacial score (nSPS) is 13.9. The Morgan fingerprint density at radius 3 is 2.39 bits per heavy atom. The molecular weight excluding hydrogens is 260 g/mol. The molecule has 18 heavy (non-hydrogen) atoms. The number of hydrogen-bond donors (Lipinski definition) is 1. The quantitative estimate of drug-likeness (QED) is 0.897. The third kappa shape index (κ3) is 2.66. The third-order valence-corrected chi connectivity index (χ3v) is 4.88. The Balaban J connectivity index is 2.32. The number of nitrogens with zero attached hydrogens (tertiary/aromatic N) is 1. The van der Waals surface area contributed by atoms with Crippen molar-refractivity contribution < 1.29 is 0 Å². The maximum atomic E-state index is 6.34. The fraction of sp³-hybridized carbons (Fsp3) is 0.500. The van der Waals surface area contributed by atoms with Gasteiger partial charge in [0.15, 0.2) is 0 Å². The monoisotopic (exact) mass is 280 g/mol. The minimum absolute atomic E-state index is 0.0870. The van der Waals surface area contributed by atoms with E-state index >= 15 is 0 Å². The van der Waals surface area contributed by atoms with Gasteiger partial charge in [-0.15, -0.1) is 22.7 Å². The Morgan fingerprint density at radius 2 is 1.94 bits per heavy atom. The molecular formula is C14H20N2S2. The Kier molecular flexibility index (Phi) is 3.63. The van der Waals surface area contributed by atoms with E-state index in [-0.39, 0.29) is 11.5 Å². The van der Waals surface area contributed by atoms with Gasteiger partial charge in [0, 0.05) is 20.5 Å². The van der Waals surface area contributed by atoms with Crippen LogP contribution in [0.2, 0.25) is 0 Å². The van der Waals surface area contributed by atoms with Gasteiger partial charge in [-0.2, -0.15) is 0 Å². The van der Waals surface area contributed by atoms with E-state index in [2.05, 4.69) is 46.1 Å². The lowest BCUT2D eigenvalue weighted by Gasteiger charge is -2.15. The molecule has 2 rings (SSSR count). The van der Waals surface area contributed by atoms with E-state index in [1.807, 2.05) is 0 Å². The zero-order valence-electron chi connectivity index (χ0n) is 11.6. The van der Waals surface area contributed by atoms with E-state index in [9.17, 15) is 0 Å². The van der Waals surface area contributed by atoms with Crippen LogP contribution in [0.5, 0.6) is 0 Å². The smallest absolute Gasteiger partial charge is 0.114 e. The summed E-state index contributed by atoms with van der Waals surface area (Å²) in [6, 6.07) is 2.10. The van der Waals surface area contributed by atoms with Gasteiger partial charge >= 0.3 is 0 Å². The summed E-state index contributed by atoms with van der Waals surface area (Å²) in [5.74, 6) is 0. The summed E-state index contributed by atoms with van der Waals surface area (Å²) in [6.07, 6.45) is 0. The first-order chi connectivity index (χ1) is 8.29. The van der Waals surface area contributed by atoms with Crippen molar-refractivity contribution in [3.8, 4) is 0 Å². The van der Waals surface area contributed by atoms with Crippen molar-refractivity contribution in [1.82, 2.24) is 4.98 Å². The van der Waals surface area contributed by atoms with Gasteiger partial charge in [-0.25, -0.2) is 4.98 Å². The van der Waals surface area contributed by atoms with Gasteiger partial charge in [0.05, 0.1) is 11.7 Å². The van der Waals surface area contributed by atoms with Crippen LogP contribution < -0.4 is 5.73 Å². The molecule has 2 N–H and O–H groups in total. The highest BCUT2D eigenvalue weighted by atomic mass is 32.1. The highest BCUT2D eigenvalue weighted by Gasteiger charge is 2.21. The molecule has 0 radical (unpaired) electrons.